The van der Waals surface area contributed by atoms with E-state index in [0.29, 0.717) is 17.1 Å². The Morgan fingerprint density at radius 1 is 1.03 bits per heavy atom. The number of amides is 1. The summed E-state index contributed by atoms with van der Waals surface area (Å²) in [6, 6.07) is 18.4. The van der Waals surface area contributed by atoms with Crippen LogP contribution in [0.1, 0.15) is 32.6 Å². The zero-order chi connectivity index (χ0) is 22.3. The fourth-order valence-electron chi connectivity index (χ4n) is 3.59. The molecular weight excluding hydrogens is 418 g/mol. The van der Waals surface area contributed by atoms with Crippen LogP contribution < -0.4 is 5.32 Å². The summed E-state index contributed by atoms with van der Waals surface area (Å²) in [7, 11) is 0. The largest absolute Gasteiger partial charge is 0.379 e. The van der Waals surface area contributed by atoms with Gasteiger partial charge in [-0.2, -0.15) is 0 Å². The van der Waals surface area contributed by atoms with Gasteiger partial charge in [0.2, 0.25) is 0 Å². The van der Waals surface area contributed by atoms with E-state index in [4.69, 9.17) is 4.74 Å². The van der Waals surface area contributed by atoms with Gasteiger partial charge in [0.05, 0.1) is 18.8 Å². The third-order valence-electron chi connectivity index (χ3n) is 5.69. The van der Waals surface area contributed by atoms with Crippen molar-refractivity contribution in [3.8, 4) is 0 Å². The minimum absolute atomic E-state index is 0.109. The van der Waals surface area contributed by atoms with Crippen molar-refractivity contribution in [2.45, 2.75) is 36.9 Å². The third kappa shape index (κ3) is 5.97. The van der Waals surface area contributed by atoms with Crippen molar-refractivity contribution in [1.29, 1.82) is 0 Å². The summed E-state index contributed by atoms with van der Waals surface area (Å²) >= 11 is 1.52. The second kappa shape index (κ2) is 10.8. The first kappa shape index (κ1) is 22.5. The normalized spacial score (nSPS) is 14.3. The van der Waals surface area contributed by atoms with Crippen LogP contribution in [0, 0.1) is 13.8 Å². The lowest BCUT2D eigenvalue weighted by Crippen LogP contribution is -2.35. The summed E-state index contributed by atoms with van der Waals surface area (Å²) in [5, 5.41) is 3.76. The van der Waals surface area contributed by atoms with Crippen LogP contribution in [0.25, 0.3) is 0 Å². The molecule has 5 nitrogen and oxygen atoms in total. The molecule has 1 fully saturated rings. The van der Waals surface area contributed by atoms with Crippen LogP contribution in [0.4, 0.5) is 0 Å². The van der Waals surface area contributed by atoms with Gasteiger partial charge in [0.15, 0.2) is 0 Å². The number of pyridine rings is 1. The van der Waals surface area contributed by atoms with Crippen molar-refractivity contribution in [2.75, 3.05) is 26.3 Å². The van der Waals surface area contributed by atoms with Crippen LogP contribution >= 0.6 is 11.8 Å². The molecule has 1 aliphatic heterocycles. The minimum Gasteiger partial charge on any atom is -0.379 e. The summed E-state index contributed by atoms with van der Waals surface area (Å²) in [6.45, 7) is 9.18. The first-order valence-corrected chi connectivity index (χ1v) is 11.8. The Morgan fingerprint density at radius 3 is 2.53 bits per heavy atom. The minimum atomic E-state index is -0.109. The molecule has 1 aliphatic rings. The number of hydrogen-bond donors (Lipinski definition) is 1. The van der Waals surface area contributed by atoms with Gasteiger partial charge in [-0.15, -0.1) is 0 Å². The van der Waals surface area contributed by atoms with Crippen LogP contribution in [0.3, 0.4) is 0 Å². The summed E-state index contributed by atoms with van der Waals surface area (Å²) in [6.07, 6.45) is 1.73. The number of carbonyl (C=O) groups is 1. The quantitative estimate of drug-likeness (QED) is 0.573. The van der Waals surface area contributed by atoms with Crippen molar-refractivity contribution < 1.29 is 9.53 Å². The van der Waals surface area contributed by atoms with Crippen LogP contribution in [0.5, 0.6) is 0 Å². The molecule has 0 aliphatic carbocycles. The molecule has 0 unspecified atom stereocenters. The monoisotopic (exact) mass is 447 g/mol. The van der Waals surface area contributed by atoms with Crippen molar-refractivity contribution in [3.05, 3.63) is 88.6 Å². The Kier molecular flexibility index (Phi) is 7.58. The number of benzene rings is 2. The van der Waals surface area contributed by atoms with Crippen molar-refractivity contribution in [2.24, 2.45) is 0 Å². The van der Waals surface area contributed by atoms with Crippen LogP contribution in [0.2, 0.25) is 0 Å². The van der Waals surface area contributed by atoms with Gasteiger partial charge < -0.3 is 10.1 Å². The number of hydrogen-bond acceptors (Lipinski definition) is 5. The molecule has 0 bridgehead atoms. The second-order valence-electron chi connectivity index (χ2n) is 8.09. The molecule has 0 saturated carbocycles. The van der Waals surface area contributed by atoms with Crippen LogP contribution in [-0.2, 0) is 17.8 Å². The lowest BCUT2D eigenvalue weighted by molar-refractivity contribution is 0.0342. The Hall–Kier alpha value is -2.67. The summed E-state index contributed by atoms with van der Waals surface area (Å²) in [5.74, 6) is -0.109. The van der Waals surface area contributed by atoms with Gasteiger partial charge in [-0.3, -0.25) is 9.69 Å². The average Bonchev–Trinajstić information content (AvgIpc) is 2.82. The highest BCUT2D eigenvalue weighted by Crippen LogP contribution is 2.30. The highest BCUT2D eigenvalue weighted by molar-refractivity contribution is 7.99. The molecule has 4 rings (SSSR count). The number of aromatic nitrogens is 1. The maximum atomic E-state index is 12.9. The Morgan fingerprint density at radius 2 is 1.78 bits per heavy atom. The molecule has 2 aromatic carbocycles. The predicted octanol–water partition coefficient (Wildman–Crippen LogP) is 4.61. The Labute approximate surface area is 194 Å². The zero-order valence-electron chi connectivity index (χ0n) is 18.6. The van der Waals surface area contributed by atoms with E-state index in [1.165, 1.54) is 28.5 Å². The highest BCUT2D eigenvalue weighted by atomic mass is 32.2. The zero-order valence-corrected chi connectivity index (χ0v) is 19.5. The van der Waals surface area contributed by atoms with E-state index in [-0.39, 0.29) is 5.91 Å². The summed E-state index contributed by atoms with van der Waals surface area (Å²) in [4.78, 5) is 20.8. The number of rotatable bonds is 7. The first-order valence-electron chi connectivity index (χ1n) is 10.9. The predicted molar refractivity (Wildman–Crippen MR) is 128 cm³/mol. The second-order valence-corrected chi connectivity index (χ2v) is 9.15. The van der Waals surface area contributed by atoms with E-state index in [9.17, 15) is 4.79 Å². The topological polar surface area (TPSA) is 54.5 Å². The molecule has 1 saturated heterocycles. The standard InChI is InChI=1S/C26H29N3O2S/c1-19-5-10-23(16-20(19)2)32-26-24(4-3-11-27-26)25(30)28-17-21-6-8-22(9-7-21)18-29-12-14-31-15-13-29/h3-11,16H,12-15,17-18H2,1-2H3,(H,28,30). The van der Waals surface area contributed by atoms with Gasteiger partial charge in [-0.25, -0.2) is 4.98 Å². The van der Waals surface area contributed by atoms with Gasteiger partial charge in [-0.1, -0.05) is 42.1 Å². The Bertz CT molecular complexity index is 1060. The molecule has 6 heteroatoms. The van der Waals surface area contributed by atoms with E-state index in [1.54, 1.807) is 12.3 Å². The van der Waals surface area contributed by atoms with Gasteiger partial charge >= 0.3 is 0 Å². The highest BCUT2D eigenvalue weighted by Gasteiger charge is 2.14. The van der Waals surface area contributed by atoms with Gasteiger partial charge in [0, 0.05) is 37.3 Å². The lowest BCUT2D eigenvalue weighted by Gasteiger charge is -2.26. The maximum Gasteiger partial charge on any atom is 0.254 e. The van der Waals surface area contributed by atoms with Crippen LogP contribution in [-0.4, -0.2) is 42.1 Å². The maximum absolute atomic E-state index is 12.9. The van der Waals surface area contributed by atoms with Gasteiger partial charge in [0.25, 0.3) is 5.91 Å². The number of morpholine rings is 1. The molecule has 3 aromatic rings. The average molecular weight is 448 g/mol. The van der Waals surface area contributed by atoms with Crippen molar-refractivity contribution >= 4 is 17.7 Å². The Balaban J connectivity index is 1.36. The number of ether oxygens (including phenoxy) is 1. The molecule has 0 atom stereocenters. The fraction of sp³-hybridized carbons (Fsp3) is 0.308. The summed E-state index contributed by atoms with van der Waals surface area (Å²) < 4.78 is 5.41. The van der Waals surface area contributed by atoms with E-state index in [0.717, 1.165) is 43.3 Å². The van der Waals surface area contributed by atoms with E-state index in [1.807, 2.05) is 6.07 Å². The number of nitrogens with one attached hydrogen (secondary N) is 1. The van der Waals surface area contributed by atoms with Gasteiger partial charge in [0.1, 0.15) is 5.03 Å². The van der Waals surface area contributed by atoms with Crippen LogP contribution in [0.15, 0.2) is 70.7 Å². The first-order chi connectivity index (χ1) is 15.6. The lowest BCUT2D eigenvalue weighted by atomic mass is 10.1. The number of aryl methyl sites for hydroxylation is 2. The molecule has 166 valence electrons. The molecule has 2 heterocycles. The molecule has 0 radical (unpaired) electrons. The smallest absolute Gasteiger partial charge is 0.254 e. The molecule has 0 spiro atoms. The van der Waals surface area contributed by atoms with E-state index >= 15 is 0 Å². The molecule has 1 amide bonds. The molecular formula is C26H29N3O2S. The third-order valence-corrected chi connectivity index (χ3v) is 6.70. The summed E-state index contributed by atoms with van der Waals surface area (Å²) in [5.41, 5.74) is 5.44. The number of nitrogens with zero attached hydrogens (tertiary/aromatic N) is 2. The molecule has 32 heavy (non-hydrogen) atoms. The number of carbonyl (C=O) groups excluding carboxylic acids is 1. The molecule has 1 N–H and O–H groups in total. The van der Waals surface area contributed by atoms with Crippen molar-refractivity contribution in [3.63, 3.8) is 0 Å². The molecule has 1 aromatic heterocycles. The van der Waals surface area contributed by atoms with Gasteiger partial charge in [-0.05, 0) is 60.4 Å². The SMILES string of the molecule is Cc1ccc(Sc2ncccc2C(=O)NCc2ccc(CN3CCOCC3)cc2)cc1C. The fourth-order valence-corrected chi connectivity index (χ4v) is 4.57. The van der Waals surface area contributed by atoms with E-state index in [2.05, 4.69) is 71.5 Å². The van der Waals surface area contributed by atoms with E-state index < -0.39 is 0 Å². The van der Waals surface area contributed by atoms with Crippen molar-refractivity contribution in [1.82, 2.24) is 15.2 Å².